The maximum Gasteiger partial charge on any atom is 0.269 e. The molecule has 1 atom stereocenters. The number of aromatic nitrogens is 1. The Balaban J connectivity index is 2.62. The number of carbonyl (C=O) groups excluding carboxylic acids is 1. The van der Waals surface area contributed by atoms with E-state index >= 15 is 0 Å². The van der Waals surface area contributed by atoms with Crippen molar-refractivity contribution in [1.29, 1.82) is 0 Å². The molecular formula is C11H17N3O3. The summed E-state index contributed by atoms with van der Waals surface area (Å²) in [5, 5.41) is 23.4. The first-order valence-corrected chi connectivity index (χ1v) is 5.44. The number of rotatable bonds is 6. The van der Waals surface area contributed by atoms with Crippen LogP contribution in [-0.4, -0.2) is 46.9 Å². The topological polar surface area (TPSA) is 94.5 Å². The largest absolute Gasteiger partial charge is 0.394 e. The second kappa shape index (κ2) is 6.82. The van der Waals surface area contributed by atoms with E-state index in [4.69, 9.17) is 5.11 Å². The summed E-state index contributed by atoms with van der Waals surface area (Å²) in [7, 11) is 0. The van der Waals surface area contributed by atoms with Crippen molar-refractivity contribution in [2.75, 3.05) is 25.0 Å². The Labute approximate surface area is 99.7 Å². The molecule has 1 aromatic rings. The normalized spacial score (nSPS) is 11.9. The lowest BCUT2D eigenvalue weighted by atomic mass is 10.3. The maximum atomic E-state index is 11.5. The average molecular weight is 239 g/mol. The van der Waals surface area contributed by atoms with Gasteiger partial charge in [-0.15, -0.1) is 0 Å². The lowest BCUT2D eigenvalue weighted by molar-refractivity contribution is 0.0951. The minimum absolute atomic E-state index is 0.218. The number of aliphatic hydroxyl groups excluding tert-OH is 2. The minimum Gasteiger partial charge on any atom is -0.394 e. The fourth-order valence-electron chi connectivity index (χ4n) is 1.22. The van der Waals surface area contributed by atoms with E-state index in [0.717, 1.165) is 0 Å². The second-order valence-electron chi connectivity index (χ2n) is 3.51. The zero-order valence-corrected chi connectivity index (χ0v) is 9.68. The molecule has 1 rings (SSSR count). The molecule has 0 radical (unpaired) electrons. The third-order valence-corrected chi connectivity index (χ3v) is 2.08. The Morgan fingerprint density at radius 2 is 2.35 bits per heavy atom. The van der Waals surface area contributed by atoms with Gasteiger partial charge in [0.05, 0.1) is 12.7 Å². The van der Waals surface area contributed by atoms with Gasteiger partial charge in [-0.25, -0.2) is 0 Å². The van der Waals surface area contributed by atoms with E-state index in [1.807, 2.05) is 6.92 Å². The Morgan fingerprint density at radius 1 is 1.59 bits per heavy atom. The fraction of sp³-hybridized carbons (Fsp3) is 0.455. The molecule has 0 spiro atoms. The highest BCUT2D eigenvalue weighted by atomic mass is 16.3. The quantitative estimate of drug-likeness (QED) is 0.541. The van der Waals surface area contributed by atoms with E-state index in [1.54, 1.807) is 12.1 Å². The summed E-state index contributed by atoms with van der Waals surface area (Å²) in [6.07, 6.45) is 0.689. The van der Waals surface area contributed by atoms with E-state index < -0.39 is 6.10 Å². The zero-order chi connectivity index (χ0) is 12.7. The van der Waals surface area contributed by atoms with Gasteiger partial charge >= 0.3 is 0 Å². The number of amides is 1. The summed E-state index contributed by atoms with van der Waals surface area (Å²) in [4.78, 5) is 15.4. The maximum absolute atomic E-state index is 11.5. The van der Waals surface area contributed by atoms with Gasteiger partial charge in [0, 0.05) is 25.0 Å². The molecular weight excluding hydrogens is 222 g/mol. The van der Waals surface area contributed by atoms with Crippen LogP contribution in [0.5, 0.6) is 0 Å². The summed E-state index contributed by atoms with van der Waals surface area (Å²) in [5.41, 5.74) is 0.990. The monoisotopic (exact) mass is 239 g/mol. The number of hydrogen-bond donors (Lipinski definition) is 4. The average Bonchev–Trinajstić information content (AvgIpc) is 2.36. The zero-order valence-electron chi connectivity index (χ0n) is 9.68. The van der Waals surface area contributed by atoms with E-state index in [9.17, 15) is 9.90 Å². The first-order valence-electron chi connectivity index (χ1n) is 5.44. The Hall–Kier alpha value is -1.66. The van der Waals surface area contributed by atoms with E-state index in [2.05, 4.69) is 15.6 Å². The molecule has 1 unspecified atom stereocenters. The summed E-state index contributed by atoms with van der Waals surface area (Å²) < 4.78 is 0. The molecule has 6 nitrogen and oxygen atoms in total. The SMILES string of the molecule is CCNC(=O)c1cc(NCC(O)CO)ccn1. The highest BCUT2D eigenvalue weighted by Gasteiger charge is 2.07. The summed E-state index contributed by atoms with van der Waals surface area (Å²) in [5.74, 6) is -0.237. The van der Waals surface area contributed by atoms with Crippen molar-refractivity contribution in [3.63, 3.8) is 0 Å². The molecule has 1 aromatic heterocycles. The van der Waals surface area contributed by atoms with Gasteiger partial charge in [0.2, 0.25) is 0 Å². The fourth-order valence-corrected chi connectivity index (χ4v) is 1.22. The van der Waals surface area contributed by atoms with Crippen molar-refractivity contribution in [2.24, 2.45) is 0 Å². The lowest BCUT2D eigenvalue weighted by Gasteiger charge is -2.10. The van der Waals surface area contributed by atoms with Crippen molar-refractivity contribution in [1.82, 2.24) is 10.3 Å². The highest BCUT2D eigenvalue weighted by Crippen LogP contribution is 2.07. The van der Waals surface area contributed by atoms with Crippen LogP contribution in [-0.2, 0) is 0 Å². The summed E-state index contributed by atoms with van der Waals surface area (Å²) >= 11 is 0. The van der Waals surface area contributed by atoms with Gasteiger partial charge in [0.25, 0.3) is 5.91 Å². The van der Waals surface area contributed by atoms with Crippen LogP contribution in [0.25, 0.3) is 0 Å². The second-order valence-corrected chi connectivity index (χ2v) is 3.51. The van der Waals surface area contributed by atoms with Crippen LogP contribution in [0.4, 0.5) is 5.69 Å². The third-order valence-electron chi connectivity index (χ3n) is 2.08. The number of anilines is 1. The molecule has 1 amide bonds. The lowest BCUT2D eigenvalue weighted by Crippen LogP contribution is -2.25. The third kappa shape index (κ3) is 4.38. The molecule has 0 aliphatic carbocycles. The molecule has 0 aliphatic rings. The standard InChI is InChI=1S/C11H17N3O3/c1-2-12-11(17)10-5-8(3-4-13-10)14-6-9(16)7-15/h3-5,9,15-16H,2,6-7H2,1H3,(H,12,17)(H,13,14). The molecule has 94 valence electrons. The molecule has 17 heavy (non-hydrogen) atoms. The number of carbonyl (C=O) groups is 1. The van der Waals surface area contributed by atoms with Gasteiger partial charge in [0.15, 0.2) is 0 Å². The smallest absolute Gasteiger partial charge is 0.269 e. The summed E-state index contributed by atoms with van der Waals surface area (Å²) in [6, 6.07) is 3.28. The van der Waals surface area contributed by atoms with Crippen molar-refractivity contribution in [3.8, 4) is 0 Å². The molecule has 0 saturated carbocycles. The number of aliphatic hydroxyl groups is 2. The van der Waals surface area contributed by atoms with Crippen LogP contribution < -0.4 is 10.6 Å². The van der Waals surface area contributed by atoms with Crippen LogP contribution in [0.15, 0.2) is 18.3 Å². The molecule has 0 aliphatic heterocycles. The molecule has 0 aromatic carbocycles. The van der Waals surface area contributed by atoms with Gasteiger partial charge in [0.1, 0.15) is 5.69 Å². The van der Waals surface area contributed by atoms with Crippen LogP contribution in [0.3, 0.4) is 0 Å². The van der Waals surface area contributed by atoms with Crippen LogP contribution >= 0.6 is 0 Å². The van der Waals surface area contributed by atoms with Crippen LogP contribution in [0.1, 0.15) is 17.4 Å². The first kappa shape index (κ1) is 13.4. The number of pyridine rings is 1. The van der Waals surface area contributed by atoms with Gasteiger partial charge < -0.3 is 20.8 Å². The molecule has 0 bridgehead atoms. The number of nitrogens with zero attached hydrogens (tertiary/aromatic N) is 1. The van der Waals surface area contributed by atoms with Crippen molar-refractivity contribution in [3.05, 3.63) is 24.0 Å². The van der Waals surface area contributed by atoms with Gasteiger partial charge in [-0.1, -0.05) is 0 Å². The predicted octanol–water partition coefficient (Wildman–Crippen LogP) is -0.404. The number of nitrogens with one attached hydrogen (secondary N) is 2. The Bertz CT molecular complexity index is 371. The first-order chi connectivity index (χ1) is 8.17. The molecule has 0 saturated heterocycles. The van der Waals surface area contributed by atoms with Gasteiger partial charge in [-0.05, 0) is 19.1 Å². The van der Waals surface area contributed by atoms with E-state index in [0.29, 0.717) is 17.9 Å². The highest BCUT2D eigenvalue weighted by molar-refractivity contribution is 5.93. The molecule has 4 N–H and O–H groups in total. The predicted molar refractivity (Wildman–Crippen MR) is 63.8 cm³/mol. The van der Waals surface area contributed by atoms with Crippen molar-refractivity contribution < 1.29 is 15.0 Å². The number of hydrogen-bond acceptors (Lipinski definition) is 5. The van der Waals surface area contributed by atoms with Crippen LogP contribution in [0, 0.1) is 0 Å². The van der Waals surface area contributed by atoms with Gasteiger partial charge in [-0.2, -0.15) is 0 Å². The van der Waals surface area contributed by atoms with E-state index in [1.165, 1.54) is 6.20 Å². The molecule has 1 heterocycles. The van der Waals surface area contributed by atoms with Crippen molar-refractivity contribution in [2.45, 2.75) is 13.0 Å². The van der Waals surface area contributed by atoms with Crippen LogP contribution in [0.2, 0.25) is 0 Å². The molecule has 0 fully saturated rings. The Morgan fingerprint density at radius 3 is 3.00 bits per heavy atom. The van der Waals surface area contributed by atoms with Gasteiger partial charge in [-0.3, -0.25) is 9.78 Å². The van der Waals surface area contributed by atoms with Crippen molar-refractivity contribution >= 4 is 11.6 Å². The molecule has 6 heteroatoms. The minimum atomic E-state index is -0.823. The van der Waals surface area contributed by atoms with E-state index in [-0.39, 0.29) is 19.1 Å². The summed E-state index contributed by atoms with van der Waals surface area (Å²) in [6.45, 7) is 2.29. The Kier molecular flexibility index (Phi) is 5.38.